The number of hydrogen-bond donors (Lipinski definition) is 1. The Bertz CT molecular complexity index is 544. The summed E-state index contributed by atoms with van der Waals surface area (Å²) in [5.41, 5.74) is 1.27. The van der Waals surface area contributed by atoms with Crippen molar-refractivity contribution in [2.75, 3.05) is 0 Å². The van der Waals surface area contributed by atoms with Crippen LogP contribution in [-0.2, 0) is 0 Å². The Morgan fingerprint density at radius 2 is 2.06 bits per heavy atom. The van der Waals surface area contributed by atoms with Crippen LogP contribution in [0.2, 0.25) is 0 Å². The summed E-state index contributed by atoms with van der Waals surface area (Å²) in [6.45, 7) is 0. The van der Waals surface area contributed by atoms with Crippen LogP contribution in [0.15, 0.2) is 40.9 Å². The molecular weight excluding hydrogens is 228 g/mol. The normalized spacial score (nSPS) is 15.1. The van der Waals surface area contributed by atoms with Crippen LogP contribution in [0, 0.1) is 0 Å². The van der Waals surface area contributed by atoms with Crippen molar-refractivity contribution in [1.82, 2.24) is 10.5 Å². The molecule has 0 radical (unpaired) electrons. The zero-order valence-electron chi connectivity index (χ0n) is 9.93. The Labute approximate surface area is 105 Å². The molecule has 1 amide bonds. The van der Waals surface area contributed by atoms with Crippen molar-refractivity contribution < 1.29 is 9.32 Å². The van der Waals surface area contributed by atoms with Crippen molar-refractivity contribution in [3.8, 4) is 11.3 Å². The number of nitrogens with zero attached hydrogens (tertiary/aromatic N) is 1. The fraction of sp³-hybridized carbons (Fsp3) is 0.286. The maximum absolute atomic E-state index is 11.9. The molecule has 0 saturated heterocycles. The zero-order valence-corrected chi connectivity index (χ0v) is 9.93. The highest BCUT2D eigenvalue weighted by molar-refractivity contribution is 5.93. The maximum Gasteiger partial charge on any atom is 0.273 e. The Balaban J connectivity index is 1.74. The Morgan fingerprint density at radius 3 is 2.72 bits per heavy atom. The molecule has 1 saturated carbocycles. The van der Waals surface area contributed by atoms with Crippen LogP contribution >= 0.6 is 0 Å². The number of carbonyl (C=O) groups is 1. The van der Waals surface area contributed by atoms with Gasteiger partial charge in [-0.25, -0.2) is 0 Å². The summed E-state index contributed by atoms with van der Waals surface area (Å²) >= 11 is 0. The average molecular weight is 242 g/mol. The third-order valence-corrected chi connectivity index (χ3v) is 3.24. The quantitative estimate of drug-likeness (QED) is 0.900. The van der Waals surface area contributed by atoms with Crippen LogP contribution in [0.1, 0.15) is 29.8 Å². The second kappa shape index (κ2) is 4.64. The van der Waals surface area contributed by atoms with Crippen LogP contribution in [-0.4, -0.2) is 17.1 Å². The Morgan fingerprint density at radius 1 is 1.28 bits per heavy atom. The lowest BCUT2D eigenvalue weighted by Crippen LogP contribution is -2.39. The molecule has 4 nitrogen and oxygen atoms in total. The van der Waals surface area contributed by atoms with E-state index in [2.05, 4.69) is 10.5 Å². The van der Waals surface area contributed by atoms with E-state index in [-0.39, 0.29) is 5.91 Å². The molecule has 0 bridgehead atoms. The predicted molar refractivity (Wildman–Crippen MR) is 67.0 cm³/mol. The van der Waals surface area contributed by atoms with Gasteiger partial charge in [-0.1, -0.05) is 35.5 Å². The lowest BCUT2D eigenvalue weighted by Gasteiger charge is -2.25. The van der Waals surface area contributed by atoms with E-state index in [4.69, 9.17) is 4.52 Å². The number of rotatable bonds is 3. The second-order valence-corrected chi connectivity index (χ2v) is 4.54. The highest BCUT2D eigenvalue weighted by atomic mass is 16.5. The fourth-order valence-electron chi connectivity index (χ4n) is 1.93. The molecule has 4 heteroatoms. The van der Waals surface area contributed by atoms with Gasteiger partial charge in [0, 0.05) is 17.7 Å². The standard InChI is InChI=1S/C14H14N2O2/c17-14(15-11-7-4-8-11)12-9-13(18-16-12)10-5-2-1-3-6-10/h1-3,5-6,9,11H,4,7-8H2,(H,15,17). The van der Waals surface area contributed by atoms with Crippen molar-refractivity contribution in [2.45, 2.75) is 25.3 Å². The molecule has 1 N–H and O–H groups in total. The molecule has 0 atom stereocenters. The molecule has 0 spiro atoms. The van der Waals surface area contributed by atoms with E-state index in [1.165, 1.54) is 6.42 Å². The molecule has 92 valence electrons. The predicted octanol–water partition coefficient (Wildman–Crippen LogP) is 2.62. The fourth-order valence-corrected chi connectivity index (χ4v) is 1.93. The first-order chi connectivity index (χ1) is 8.83. The van der Waals surface area contributed by atoms with Crippen molar-refractivity contribution in [2.24, 2.45) is 0 Å². The number of benzene rings is 1. The number of aromatic nitrogens is 1. The van der Waals surface area contributed by atoms with Crippen LogP contribution in [0.25, 0.3) is 11.3 Å². The molecule has 1 aromatic heterocycles. The third kappa shape index (κ3) is 2.14. The smallest absolute Gasteiger partial charge is 0.273 e. The highest BCUT2D eigenvalue weighted by Gasteiger charge is 2.22. The molecule has 18 heavy (non-hydrogen) atoms. The molecule has 3 rings (SSSR count). The van der Waals surface area contributed by atoms with E-state index in [0.717, 1.165) is 18.4 Å². The number of hydrogen-bond acceptors (Lipinski definition) is 3. The number of nitrogens with one attached hydrogen (secondary N) is 1. The van der Waals surface area contributed by atoms with Gasteiger partial charge in [0.2, 0.25) is 0 Å². The van der Waals surface area contributed by atoms with Gasteiger partial charge in [0.15, 0.2) is 11.5 Å². The number of amides is 1. The van der Waals surface area contributed by atoms with Gasteiger partial charge >= 0.3 is 0 Å². The van der Waals surface area contributed by atoms with Crippen LogP contribution in [0.4, 0.5) is 0 Å². The lowest BCUT2D eigenvalue weighted by molar-refractivity contribution is 0.0908. The van der Waals surface area contributed by atoms with Crippen LogP contribution in [0.5, 0.6) is 0 Å². The summed E-state index contributed by atoms with van der Waals surface area (Å²) in [6.07, 6.45) is 3.32. The largest absolute Gasteiger partial charge is 0.355 e. The minimum absolute atomic E-state index is 0.148. The van der Waals surface area contributed by atoms with E-state index in [0.29, 0.717) is 17.5 Å². The van der Waals surface area contributed by atoms with E-state index >= 15 is 0 Å². The van der Waals surface area contributed by atoms with Gasteiger partial charge in [0.1, 0.15) is 0 Å². The molecule has 2 aromatic rings. The van der Waals surface area contributed by atoms with E-state index < -0.39 is 0 Å². The SMILES string of the molecule is O=C(NC1CCC1)c1cc(-c2ccccc2)on1. The lowest BCUT2D eigenvalue weighted by atomic mass is 9.93. The molecular formula is C14H14N2O2. The summed E-state index contributed by atoms with van der Waals surface area (Å²) in [6, 6.07) is 11.6. The van der Waals surface area contributed by atoms with Crippen molar-refractivity contribution >= 4 is 5.91 Å². The maximum atomic E-state index is 11.9. The Kier molecular flexibility index (Phi) is 2.84. The molecule has 0 aliphatic heterocycles. The first-order valence-electron chi connectivity index (χ1n) is 6.16. The van der Waals surface area contributed by atoms with Gasteiger partial charge in [0.05, 0.1) is 0 Å². The van der Waals surface area contributed by atoms with Crippen molar-refractivity contribution in [1.29, 1.82) is 0 Å². The van der Waals surface area contributed by atoms with Gasteiger partial charge in [-0.15, -0.1) is 0 Å². The summed E-state index contributed by atoms with van der Waals surface area (Å²) in [7, 11) is 0. The third-order valence-electron chi connectivity index (χ3n) is 3.24. The van der Waals surface area contributed by atoms with Crippen molar-refractivity contribution in [3.05, 3.63) is 42.1 Å². The molecule has 1 heterocycles. The van der Waals surface area contributed by atoms with Gasteiger partial charge in [0.25, 0.3) is 5.91 Å². The van der Waals surface area contributed by atoms with Gasteiger partial charge in [-0.3, -0.25) is 4.79 Å². The minimum atomic E-state index is -0.148. The molecule has 1 fully saturated rings. The monoisotopic (exact) mass is 242 g/mol. The molecule has 1 aliphatic carbocycles. The highest BCUT2D eigenvalue weighted by Crippen LogP contribution is 2.21. The first kappa shape index (κ1) is 11.0. The van der Waals surface area contributed by atoms with Gasteiger partial charge in [-0.2, -0.15) is 0 Å². The van der Waals surface area contributed by atoms with E-state index in [9.17, 15) is 4.79 Å². The molecule has 1 aliphatic rings. The van der Waals surface area contributed by atoms with E-state index in [1.54, 1.807) is 6.07 Å². The molecule has 1 aromatic carbocycles. The van der Waals surface area contributed by atoms with Gasteiger partial charge < -0.3 is 9.84 Å². The summed E-state index contributed by atoms with van der Waals surface area (Å²) < 4.78 is 5.19. The van der Waals surface area contributed by atoms with Crippen molar-refractivity contribution in [3.63, 3.8) is 0 Å². The van der Waals surface area contributed by atoms with Crippen LogP contribution in [0.3, 0.4) is 0 Å². The minimum Gasteiger partial charge on any atom is -0.355 e. The summed E-state index contributed by atoms with van der Waals surface area (Å²) in [5, 5.41) is 6.75. The second-order valence-electron chi connectivity index (χ2n) is 4.54. The molecule has 0 unspecified atom stereocenters. The average Bonchev–Trinajstić information content (AvgIpc) is 2.84. The number of carbonyl (C=O) groups excluding carboxylic acids is 1. The Hall–Kier alpha value is -2.10. The zero-order chi connectivity index (χ0) is 12.4. The van der Waals surface area contributed by atoms with E-state index in [1.807, 2.05) is 30.3 Å². The van der Waals surface area contributed by atoms with Crippen LogP contribution < -0.4 is 5.32 Å². The first-order valence-corrected chi connectivity index (χ1v) is 6.16. The summed E-state index contributed by atoms with van der Waals surface area (Å²) in [4.78, 5) is 11.9. The topological polar surface area (TPSA) is 55.1 Å². The van der Waals surface area contributed by atoms with Gasteiger partial charge in [-0.05, 0) is 19.3 Å². The summed E-state index contributed by atoms with van der Waals surface area (Å²) in [5.74, 6) is 0.472.